The van der Waals surface area contributed by atoms with Crippen molar-refractivity contribution >= 4 is 23.0 Å². The molecule has 1 aromatic heterocycles. The second-order valence-electron chi connectivity index (χ2n) is 3.96. The number of thiocarbonyl (C=S) groups is 1. The fraction of sp³-hybridized carbons (Fsp3) is 0.455. The normalized spacial score (nSPS) is 17.2. The summed E-state index contributed by atoms with van der Waals surface area (Å²) in [6.07, 6.45) is 3.53. The third kappa shape index (κ3) is 2.90. The number of aromatic nitrogens is 1. The van der Waals surface area contributed by atoms with Gasteiger partial charge in [0.1, 0.15) is 0 Å². The highest BCUT2D eigenvalue weighted by Crippen LogP contribution is 2.06. The second-order valence-corrected chi connectivity index (χ2v) is 4.35. The van der Waals surface area contributed by atoms with Crippen LogP contribution in [0.4, 0.5) is 5.69 Å². The average molecular weight is 236 g/mol. The molecule has 0 radical (unpaired) electrons. The SMILES string of the molecule is CN1CCN(C(=S)Nc2cccnc2)CC1. The van der Waals surface area contributed by atoms with Gasteiger partial charge in [0.25, 0.3) is 0 Å². The van der Waals surface area contributed by atoms with Crippen molar-refractivity contribution in [2.24, 2.45) is 0 Å². The van der Waals surface area contributed by atoms with Gasteiger partial charge in [0.05, 0.1) is 11.9 Å². The van der Waals surface area contributed by atoms with Crippen LogP contribution in [0.3, 0.4) is 0 Å². The molecule has 1 aromatic rings. The van der Waals surface area contributed by atoms with Crippen molar-refractivity contribution in [3.05, 3.63) is 24.5 Å². The molecule has 0 atom stereocenters. The van der Waals surface area contributed by atoms with Gasteiger partial charge in [-0.05, 0) is 31.4 Å². The number of nitrogens with zero attached hydrogens (tertiary/aromatic N) is 3. The van der Waals surface area contributed by atoms with Gasteiger partial charge in [-0.25, -0.2) is 0 Å². The van der Waals surface area contributed by atoms with Crippen LogP contribution in [0, 0.1) is 0 Å². The van der Waals surface area contributed by atoms with Crippen LogP contribution in [0.1, 0.15) is 0 Å². The zero-order chi connectivity index (χ0) is 11.4. The zero-order valence-corrected chi connectivity index (χ0v) is 10.2. The number of likely N-dealkylation sites (N-methyl/N-ethyl adjacent to an activating group) is 1. The van der Waals surface area contributed by atoms with Crippen molar-refractivity contribution in [2.45, 2.75) is 0 Å². The van der Waals surface area contributed by atoms with Gasteiger partial charge in [-0.15, -0.1) is 0 Å². The Balaban J connectivity index is 1.89. The first kappa shape index (κ1) is 11.3. The first-order valence-electron chi connectivity index (χ1n) is 5.40. The Morgan fingerprint density at radius 3 is 2.75 bits per heavy atom. The fourth-order valence-corrected chi connectivity index (χ4v) is 1.95. The summed E-state index contributed by atoms with van der Waals surface area (Å²) in [4.78, 5) is 8.55. The Bertz CT molecular complexity index is 346. The van der Waals surface area contributed by atoms with Crippen LogP contribution in [0.15, 0.2) is 24.5 Å². The molecule has 0 bridgehead atoms. The average Bonchev–Trinajstić information content (AvgIpc) is 2.31. The predicted molar refractivity (Wildman–Crippen MR) is 69.5 cm³/mol. The van der Waals surface area contributed by atoms with E-state index in [4.69, 9.17) is 12.2 Å². The third-order valence-electron chi connectivity index (χ3n) is 2.70. The van der Waals surface area contributed by atoms with E-state index in [0.717, 1.165) is 37.0 Å². The molecule has 2 rings (SSSR count). The second kappa shape index (κ2) is 5.23. The molecule has 1 aliphatic rings. The van der Waals surface area contributed by atoms with Crippen LogP contribution in [0.5, 0.6) is 0 Å². The molecule has 1 fully saturated rings. The Labute approximate surface area is 101 Å². The third-order valence-corrected chi connectivity index (χ3v) is 3.06. The molecule has 0 amide bonds. The van der Waals surface area contributed by atoms with Gasteiger partial charge >= 0.3 is 0 Å². The van der Waals surface area contributed by atoms with E-state index in [1.165, 1.54) is 0 Å². The molecule has 1 saturated heterocycles. The van der Waals surface area contributed by atoms with Crippen LogP contribution in [0.2, 0.25) is 0 Å². The molecule has 0 aromatic carbocycles. The van der Waals surface area contributed by atoms with E-state index in [9.17, 15) is 0 Å². The highest BCUT2D eigenvalue weighted by molar-refractivity contribution is 7.80. The van der Waals surface area contributed by atoms with Crippen LogP contribution >= 0.6 is 12.2 Å². The van der Waals surface area contributed by atoms with Gasteiger partial charge in [-0.2, -0.15) is 0 Å². The summed E-state index contributed by atoms with van der Waals surface area (Å²) in [5.41, 5.74) is 0.950. The van der Waals surface area contributed by atoms with Gasteiger partial charge in [0.15, 0.2) is 5.11 Å². The Hall–Kier alpha value is -1.20. The summed E-state index contributed by atoms with van der Waals surface area (Å²) >= 11 is 5.36. The highest BCUT2D eigenvalue weighted by atomic mass is 32.1. The topological polar surface area (TPSA) is 31.4 Å². The molecule has 16 heavy (non-hydrogen) atoms. The molecule has 1 N–H and O–H groups in total. The summed E-state index contributed by atoms with van der Waals surface area (Å²) in [6.45, 7) is 4.11. The van der Waals surface area contributed by atoms with Crippen molar-refractivity contribution in [3.63, 3.8) is 0 Å². The van der Waals surface area contributed by atoms with Gasteiger partial charge < -0.3 is 15.1 Å². The summed E-state index contributed by atoms with van der Waals surface area (Å²) < 4.78 is 0. The molecule has 1 aliphatic heterocycles. The lowest BCUT2D eigenvalue weighted by atomic mass is 10.3. The van der Waals surface area contributed by atoms with Gasteiger partial charge in [0.2, 0.25) is 0 Å². The van der Waals surface area contributed by atoms with E-state index in [-0.39, 0.29) is 0 Å². The van der Waals surface area contributed by atoms with E-state index >= 15 is 0 Å². The Morgan fingerprint density at radius 2 is 2.12 bits per heavy atom. The quantitative estimate of drug-likeness (QED) is 0.736. The van der Waals surface area contributed by atoms with Crippen molar-refractivity contribution < 1.29 is 0 Å². The molecule has 2 heterocycles. The maximum absolute atomic E-state index is 5.36. The van der Waals surface area contributed by atoms with Crippen LogP contribution in [0.25, 0.3) is 0 Å². The largest absolute Gasteiger partial charge is 0.346 e. The van der Waals surface area contributed by atoms with Gasteiger partial charge in [-0.3, -0.25) is 4.98 Å². The molecule has 86 valence electrons. The first-order valence-corrected chi connectivity index (χ1v) is 5.81. The number of rotatable bonds is 1. The maximum atomic E-state index is 5.36. The summed E-state index contributed by atoms with van der Waals surface area (Å²) in [5.74, 6) is 0. The highest BCUT2D eigenvalue weighted by Gasteiger charge is 2.15. The number of pyridine rings is 1. The summed E-state index contributed by atoms with van der Waals surface area (Å²) in [6, 6.07) is 3.87. The number of piperazine rings is 1. The van der Waals surface area contributed by atoms with E-state index in [1.807, 2.05) is 12.1 Å². The Morgan fingerprint density at radius 1 is 1.38 bits per heavy atom. The number of anilines is 1. The van der Waals surface area contributed by atoms with Crippen molar-refractivity contribution in [3.8, 4) is 0 Å². The number of hydrogen-bond donors (Lipinski definition) is 1. The Kier molecular flexibility index (Phi) is 3.69. The number of hydrogen-bond acceptors (Lipinski definition) is 3. The van der Waals surface area contributed by atoms with Crippen molar-refractivity contribution in [1.82, 2.24) is 14.8 Å². The summed E-state index contributed by atoms with van der Waals surface area (Å²) in [7, 11) is 2.13. The lowest BCUT2D eigenvalue weighted by Crippen LogP contribution is -2.48. The predicted octanol–water partition coefficient (Wildman–Crippen LogP) is 1.03. The van der Waals surface area contributed by atoms with Crippen molar-refractivity contribution in [2.75, 3.05) is 38.5 Å². The number of nitrogens with one attached hydrogen (secondary N) is 1. The first-order chi connectivity index (χ1) is 7.75. The van der Waals surface area contributed by atoms with Crippen LogP contribution in [-0.4, -0.2) is 53.1 Å². The minimum atomic E-state index is 0.793. The van der Waals surface area contributed by atoms with Gasteiger partial charge in [-0.1, -0.05) is 0 Å². The van der Waals surface area contributed by atoms with Crippen molar-refractivity contribution in [1.29, 1.82) is 0 Å². The molecular formula is C11H16N4S. The molecule has 0 aliphatic carbocycles. The van der Waals surface area contributed by atoms with E-state index in [2.05, 4.69) is 27.1 Å². The molecule has 0 spiro atoms. The molecule has 4 nitrogen and oxygen atoms in total. The van der Waals surface area contributed by atoms with Gasteiger partial charge in [0, 0.05) is 32.4 Å². The standard InChI is InChI=1S/C11H16N4S/c1-14-5-7-15(8-6-14)11(16)13-10-3-2-4-12-9-10/h2-4,9H,5-8H2,1H3,(H,13,16). The minimum absolute atomic E-state index is 0.793. The van der Waals surface area contributed by atoms with E-state index in [0.29, 0.717) is 0 Å². The minimum Gasteiger partial charge on any atom is -0.346 e. The lowest BCUT2D eigenvalue weighted by molar-refractivity contribution is 0.217. The smallest absolute Gasteiger partial charge is 0.173 e. The van der Waals surface area contributed by atoms with Crippen LogP contribution < -0.4 is 5.32 Å². The molecular weight excluding hydrogens is 220 g/mol. The van der Waals surface area contributed by atoms with E-state index < -0.39 is 0 Å². The maximum Gasteiger partial charge on any atom is 0.173 e. The monoisotopic (exact) mass is 236 g/mol. The molecule has 5 heteroatoms. The molecule has 0 unspecified atom stereocenters. The summed E-state index contributed by atoms with van der Waals surface area (Å²) in [5, 5.41) is 4.00. The lowest BCUT2D eigenvalue weighted by Gasteiger charge is -2.34. The zero-order valence-electron chi connectivity index (χ0n) is 9.39. The van der Waals surface area contributed by atoms with E-state index in [1.54, 1.807) is 12.4 Å². The van der Waals surface area contributed by atoms with Crippen LogP contribution in [-0.2, 0) is 0 Å². The molecule has 0 saturated carbocycles. The fourth-order valence-electron chi connectivity index (χ4n) is 1.65.